The number of carbonyl (C=O) groups is 2. The minimum absolute atomic E-state index is 0.00726. The molecule has 0 unspecified atom stereocenters. The maximum absolute atomic E-state index is 12.8. The van der Waals surface area contributed by atoms with E-state index in [0.717, 1.165) is 16.1 Å². The summed E-state index contributed by atoms with van der Waals surface area (Å²) in [6.45, 7) is 6.40. The maximum Gasteiger partial charge on any atom is 0.257 e. The molecule has 6 heteroatoms. The van der Waals surface area contributed by atoms with Crippen LogP contribution in [0.5, 0.6) is 0 Å². The van der Waals surface area contributed by atoms with Gasteiger partial charge < -0.3 is 10.2 Å². The van der Waals surface area contributed by atoms with E-state index in [4.69, 9.17) is 0 Å². The van der Waals surface area contributed by atoms with Gasteiger partial charge in [-0.15, -0.1) is 11.3 Å². The Kier molecular flexibility index (Phi) is 6.21. The van der Waals surface area contributed by atoms with Gasteiger partial charge in [0.15, 0.2) is 0 Å². The number of anilines is 1. The summed E-state index contributed by atoms with van der Waals surface area (Å²) >= 11 is 1.62. The Morgan fingerprint density at radius 2 is 1.89 bits per heavy atom. The molecule has 28 heavy (non-hydrogen) atoms. The topological polar surface area (TPSA) is 62.3 Å². The molecule has 2 amide bonds. The Hall–Kier alpha value is -2.99. The summed E-state index contributed by atoms with van der Waals surface area (Å²) in [5.41, 5.74) is 3.68. The Bertz CT molecular complexity index is 983. The fourth-order valence-electron chi connectivity index (χ4n) is 2.98. The lowest BCUT2D eigenvalue weighted by Gasteiger charge is -2.21. The standard InChI is InChI=1S/C22H23N3O2S/c1-4-25(16(3)26)14-17-8-5-6-9-19(17)24-22(27)18-11-12-20(23-15(18)2)21-10-7-13-28-21/h5-13H,4,14H2,1-3H3,(H,24,27). The highest BCUT2D eigenvalue weighted by Gasteiger charge is 2.15. The van der Waals surface area contributed by atoms with Gasteiger partial charge in [-0.25, -0.2) is 0 Å². The third-order valence-corrected chi connectivity index (χ3v) is 5.45. The van der Waals surface area contributed by atoms with Crippen molar-refractivity contribution in [3.8, 4) is 10.6 Å². The van der Waals surface area contributed by atoms with E-state index in [-0.39, 0.29) is 11.8 Å². The van der Waals surface area contributed by atoms with E-state index in [1.165, 1.54) is 0 Å². The van der Waals surface area contributed by atoms with Gasteiger partial charge in [0, 0.05) is 25.7 Å². The van der Waals surface area contributed by atoms with Crippen LogP contribution in [0.4, 0.5) is 5.69 Å². The minimum atomic E-state index is -0.207. The molecule has 0 atom stereocenters. The Balaban J connectivity index is 1.81. The summed E-state index contributed by atoms with van der Waals surface area (Å²) in [5, 5.41) is 4.98. The lowest BCUT2D eigenvalue weighted by atomic mass is 10.1. The summed E-state index contributed by atoms with van der Waals surface area (Å²) in [5.74, 6) is -0.200. The molecule has 2 aromatic heterocycles. The van der Waals surface area contributed by atoms with Crippen molar-refractivity contribution in [1.29, 1.82) is 0 Å². The van der Waals surface area contributed by atoms with E-state index < -0.39 is 0 Å². The van der Waals surface area contributed by atoms with Gasteiger partial charge in [-0.05, 0) is 49.1 Å². The van der Waals surface area contributed by atoms with Gasteiger partial charge in [0.2, 0.25) is 5.91 Å². The number of aromatic nitrogens is 1. The van der Waals surface area contributed by atoms with Crippen molar-refractivity contribution in [2.45, 2.75) is 27.3 Å². The first-order chi connectivity index (χ1) is 13.5. The number of thiophene rings is 1. The quantitative estimate of drug-likeness (QED) is 0.658. The van der Waals surface area contributed by atoms with Crippen molar-refractivity contribution in [2.24, 2.45) is 0 Å². The van der Waals surface area contributed by atoms with Crippen LogP contribution in [0.1, 0.15) is 35.5 Å². The van der Waals surface area contributed by atoms with Crippen LogP contribution in [-0.4, -0.2) is 28.2 Å². The molecule has 3 aromatic rings. The fourth-order valence-corrected chi connectivity index (χ4v) is 3.68. The van der Waals surface area contributed by atoms with Gasteiger partial charge in [0.25, 0.3) is 5.91 Å². The normalized spacial score (nSPS) is 10.5. The number of carbonyl (C=O) groups excluding carboxylic acids is 2. The van der Waals surface area contributed by atoms with E-state index in [1.807, 2.05) is 67.8 Å². The number of amides is 2. The van der Waals surface area contributed by atoms with E-state index in [9.17, 15) is 9.59 Å². The van der Waals surface area contributed by atoms with E-state index in [1.54, 1.807) is 23.2 Å². The summed E-state index contributed by atoms with van der Waals surface area (Å²) in [4.78, 5) is 32.0. The summed E-state index contributed by atoms with van der Waals surface area (Å²) < 4.78 is 0. The summed E-state index contributed by atoms with van der Waals surface area (Å²) in [7, 11) is 0. The molecular formula is C22H23N3O2S. The molecule has 0 bridgehead atoms. The zero-order valence-corrected chi connectivity index (χ0v) is 17.0. The smallest absolute Gasteiger partial charge is 0.257 e. The summed E-state index contributed by atoms with van der Waals surface area (Å²) in [6.07, 6.45) is 0. The Labute approximate surface area is 169 Å². The van der Waals surface area contributed by atoms with Gasteiger partial charge in [-0.1, -0.05) is 24.3 Å². The molecule has 0 fully saturated rings. The average molecular weight is 394 g/mol. The lowest BCUT2D eigenvalue weighted by Crippen LogP contribution is -2.28. The monoisotopic (exact) mass is 393 g/mol. The van der Waals surface area contributed by atoms with E-state index >= 15 is 0 Å². The second-order valence-corrected chi connectivity index (χ2v) is 7.40. The molecule has 2 heterocycles. The van der Waals surface area contributed by atoms with Gasteiger partial charge in [-0.3, -0.25) is 14.6 Å². The van der Waals surface area contributed by atoms with Crippen molar-refractivity contribution in [2.75, 3.05) is 11.9 Å². The number of hydrogen-bond acceptors (Lipinski definition) is 4. The average Bonchev–Trinajstić information content (AvgIpc) is 3.21. The van der Waals surface area contributed by atoms with Gasteiger partial charge in [0.1, 0.15) is 0 Å². The van der Waals surface area contributed by atoms with Crippen LogP contribution < -0.4 is 5.32 Å². The predicted octanol–water partition coefficient (Wildman–Crippen LogP) is 4.74. The molecule has 144 valence electrons. The number of pyridine rings is 1. The molecule has 0 aliphatic rings. The molecule has 0 aliphatic heterocycles. The number of aryl methyl sites for hydroxylation is 1. The van der Waals surface area contributed by atoms with Crippen molar-refractivity contribution in [3.63, 3.8) is 0 Å². The van der Waals surface area contributed by atoms with Crippen LogP contribution >= 0.6 is 11.3 Å². The van der Waals surface area contributed by atoms with Gasteiger partial charge in [0.05, 0.1) is 21.8 Å². The van der Waals surface area contributed by atoms with E-state index in [0.29, 0.717) is 30.0 Å². The van der Waals surface area contributed by atoms with Crippen LogP contribution in [0.15, 0.2) is 53.9 Å². The van der Waals surface area contributed by atoms with Crippen LogP contribution in [0, 0.1) is 6.92 Å². The SMILES string of the molecule is CCN(Cc1ccccc1NC(=O)c1ccc(-c2cccs2)nc1C)C(C)=O. The first kappa shape index (κ1) is 19.8. The third-order valence-electron chi connectivity index (χ3n) is 4.56. The first-order valence-corrected chi connectivity index (χ1v) is 10.0. The molecule has 1 aromatic carbocycles. The predicted molar refractivity (Wildman–Crippen MR) is 113 cm³/mol. The minimum Gasteiger partial charge on any atom is -0.339 e. The number of nitrogens with one attached hydrogen (secondary N) is 1. The van der Waals surface area contributed by atoms with Crippen molar-refractivity contribution < 1.29 is 9.59 Å². The molecule has 0 saturated heterocycles. The second kappa shape index (κ2) is 8.80. The molecule has 3 rings (SSSR count). The first-order valence-electron chi connectivity index (χ1n) is 9.16. The number of hydrogen-bond donors (Lipinski definition) is 1. The largest absolute Gasteiger partial charge is 0.339 e. The highest BCUT2D eigenvalue weighted by atomic mass is 32.1. The van der Waals surface area contributed by atoms with Gasteiger partial charge >= 0.3 is 0 Å². The number of benzene rings is 1. The highest BCUT2D eigenvalue weighted by Crippen LogP contribution is 2.24. The molecular weight excluding hydrogens is 370 g/mol. The second-order valence-electron chi connectivity index (χ2n) is 6.45. The lowest BCUT2D eigenvalue weighted by molar-refractivity contribution is -0.129. The fraction of sp³-hybridized carbons (Fsp3) is 0.227. The number of rotatable bonds is 6. The zero-order valence-electron chi connectivity index (χ0n) is 16.2. The third kappa shape index (κ3) is 4.46. The molecule has 0 aliphatic carbocycles. The molecule has 0 spiro atoms. The van der Waals surface area contributed by atoms with Crippen molar-refractivity contribution >= 4 is 28.8 Å². The van der Waals surface area contributed by atoms with Crippen molar-refractivity contribution in [1.82, 2.24) is 9.88 Å². The van der Waals surface area contributed by atoms with Crippen molar-refractivity contribution in [3.05, 3.63) is 70.7 Å². The molecule has 0 radical (unpaired) electrons. The number of nitrogens with zero attached hydrogens (tertiary/aromatic N) is 2. The van der Waals surface area contributed by atoms with Gasteiger partial charge in [-0.2, -0.15) is 0 Å². The van der Waals surface area contributed by atoms with Crippen LogP contribution in [0.25, 0.3) is 10.6 Å². The summed E-state index contributed by atoms with van der Waals surface area (Å²) in [6, 6.07) is 15.2. The Morgan fingerprint density at radius 3 is 2.54 bits per heavy atom. The Morgan fingerprint density at radius 1 is 1.11 bits per heavy atom. The number of para-hydroxylation sites is 1. The zero-order chi connectivity index (χ0) is 20.1. The molecule has 0 saturated carbocycles. The molecule has 5 nitrogen and oxygen atoms in total. The maximum atomic E-state index is 12.8. The molecule has 1 N–H and O–H groups in total. The van der Waals surface area contributed by atoms with Crippen LogP contribution in [-0.2, 0) is 11.3 Å². The van der Waals surface area contributed by atoms with E-state index in [2.05, 4.69) is 10.3 Å². The van der Waals surface area contributed by atoms with Crippen LogP contribution in [0.2, 0.25) is 0 Å². The highest BCUT2D eigenvalue weighted by molar-refractivity contribution is 7.13. The van der Waals surface area contributed by atoms with Crippen LogP contribution in [0.3, 0.4) is 0 Å².